The normalized spacial score (nSPS) is 11.6. The van der Waals surface area contributed by atoms with Gasteiger partial charge in [0.1, 0.15) is 6.04 Å². The Hall–Kier alpha value is -3.52. The lowest BCUT2D eigenvalue weighted by Gasteiger charge is -2.15. The van der Waals surface area contributed by atoms with Gasteiger partial charge < -0.3 is 15.7 Å². The fourth-order valence-corrected chi connectivity index (χ4v) is 2.30. The Bertz CT molecular complexity index is 880. The predicted molar refractivity (Wildman–Crippen MR) is 95.2 cm³/mol. The van der Waals surface area contributed by atoms with Crippen molar-refractivity contribution < 1.29 is 14.7 Å². The summed E-state index contributed by atoms with van der Waals surface area (Å²) in [6.07, 6.45) is 2.94. The molecule has 0 unspecified atom stereocenters. The van der Waals surface area contributed by atoms with Crippen LogP contribution in [0.4, 0.5) is 5.82 Å². The van der Waals surface area contributed by atoms with Crippen LogP contribution >= 0.6 is 0 Å². The van der Waals surface area contributed by atoms with E-state index in [2.05, 4.69) is 25.8 Å². The van der Waals surface area contributed by atoms with Gasteiger partial charge in [0.25, 0.3) is 11.8 Å². The number of aromatic amines is 1. The van der Waals surface area contributed by atoms with E-state index in [1.54, 1.807) is 6.07 Å². The molecule has 0 bridgehead atoms. The fraction of sp³-hybridized carbons (Fsp3) is 0.111. The minimum Gasteiger partial charge on any atom is -0.394 e. The first-order valence-electron chi connectivity index (χ1n) is 7.91. The molecule has 132 valence electrons. The second kappa shape index (κ2) is 8.04. The lowest BCUT2D eigenvalue weighted by Crippen LogP contribution is -2.46. The number of anilines is 1. The van der Waals surface area contributed by atoms with Crippen LogP contribution in [0.2, 0.25) is 0 Å². The molecular formula is C18H17N5O3. The summed E-state index contributed by atoms with van der Waals surface area (Å²) in [6.45, 7) is -0.543. The van der Waals surface area contributed by atoms with Gasteiger partial charge >= 0.3 is 0 Å². The maximum absolute atomic E-state index is 12.3. The average molecular weight is 351 g/mol. The van der Waals surface area contributed by atoms with Gasteiger partial charge in [-0.2, -0.15) is 5.10 Å². The molecule has 0 saturated heterocycles. The maximum Gasteiger partial charge on any atom is 0.252 e. The Morgan fingerprint density at radius 2 is 1.85 bits per heavy atom. The highest BCUT2D eigenvalue weighted by Gasteiger charge is 2.21. The van der Waals surface area contributed by atoms with Crippen LogP contribution in [0.15, 0.2) is 60.9 Å². The van der Waals surface area contributed by atoms with E-state index >= 15 is 0 Å². The summed E-state index contributed by atoms with van der Waals surface area (Å²) in [5.74, 6) is -0.750. The summed E-state index contributed by atoms with van der Waals surface area (Å²) in [5.41, 5.74) is 2.00. The number of H-pyrrole nitrogens is 1. The lowest BCUT2D eigenvalue weighted by atomic mass is 10.1. The molecule has 0 saturated carbocycles. The van der Waals surface area contributed by atoms with Crippen molar-refractivity contribution in [2.45, 2.75) is 6.04 Å². The maximum atomic E-state index is 12.3. The molecule has 1 atom stereocenters. The molecule has 8 heteroatoms. The highest BCUT2D eigenvalue weighted by Crippen LogP contribution is 2.19. The molecule has 4 N–H and O–H groups in total. The molecule has 2 aromatic heterocycles. The highest BCUT2D eigenvalue weighted by atomic mass is 16.3. The summed E-state index contributed by atoms with van der Waals surface area (Å²) >= 11 is 0. The summed E-state index contributed by atoms with van der Waals surface area (Å²) in [6, 6.07) is 13.1. The molecule has 2 heterocycles. The molecule has 0 aliphatic carbocycles. The average Bonchev–Trinajstić information content (AvgIpc) is 3.15. The van der Waals surface area contributed by atoms with Gasteiger partial charge in [0.15, 0.2) is 5.82 Å². The number of pyridine rings is 1. The summed E-state index contributed by atoms with van der Waals surface area (Å²) in [5, 5.41) is 21.3. The number of carbonyl (C=O) groups is 2. The molecule has 0 aliphatic heterocycles. The second-order valence-corrected chi connectivity index (χ2v) is 5.47. The quantitative estimate of drug-likeness (QED) is 0.532. The molecule has 0 spiro atoms. The molecular weight excluding hydrogens is 334 g/mol. The third-order valence-corrected chi connectivity index (χ3v) is 3.66. The van der Waals surface area contributed by atoms with Crippen LogP contribution in [0.1, 0.15) is 10.4 Å². The van der Waals surface area contributed by atoms with Gasteiger partial charge in [-0.1, -0.05) is 30.3 Å². The van der Waals surface area contributed by atoms with E-state index in [9.17, 15) is 14.7 Å². The van der Waals surface area contributed by atoms with E-state index in [1.165, 1.54) is 24.5 Å². The first-order valence-corrected chi connectivity index (χ1v) is 7.91. The molecule has 0 fully saturated rings. The summed E-state index contributed by atoms with van der Waals surface area (Å²) < 4.78 is 0. The smallest absolute Gasteiger partial charge is 0.252 e. The molecule has 2 amide bonds. The molecule has 26 heavy (non-hydrogen) atoms. The van der Waals surface area contributed by atoms with Gasteiger partial charge in [0, 0.05) is 24.0 Å². The number of aliphatic hydroxyl groups is 1. The van der Waals surface area contributed by atoms with E-state index in [0.717, 1.165) is 11.3 Å². The molecule has 8 nitrogen and oxygen atoms in total. The van der Waals surface area contributed by atoms with Crippen molar-refractivity contribution in [1.29, 1.82) is 0 Å². The molecule has 3 aromatic rings. The van der Waals surface area contributed by atoms with Gasteiger partial charge in [-0.3, -0.25) is 19.7 Å². The topological polar surface area (TPSA) is 120 Å². The number of nitrogens with one attached hydrogen (secondary N) is 3. The summed E-state index contributed by atoms with van der Waals surface area (Å²) in [4.78, 5) is 28.2. The lowest BCUT2D eigenvalue weighted by molar-refractivity contribution is -0.118. The predicted octanol–water partition coefficient (Wildman–Crippen LogP) is 1.20. The van der Waals surface area contributed by atoms with Crippen LogP contribution in [0, 0.1) is 0 Å². The van der Waals surface area contributed by atoms with Crippen LogP contribution in [-0.2, 0) is 4.79 Å². The summed E-state index contributed by atoms with van der Waals surface area (Å²) in [7, 11) is 0. The number of nitrogens with zero attached hydrogens (tertiary/aromatic N) is 2. The third-order valence-electron chi connectivity index (χ3n) is 3.66. The van der Waals surface area contributed by atoms with Crippen LogP contribution in [0.5, 0.6) is 0 Å². The SMILES string of the molecule is O=C(N[C@@H](CO)C(=O)Nc1cc(-c2ccccc2)[nH]n1)c1ccncc1. The van der Waals surface area contributed by atoms with Crippen LogP contribution in [0.25, 0.3) is 11.3 Å². The van der Waals surface area contributed by atoms with E-state index in [0.29, 0.717) is 11.4 Å². The number of aromatic nitrogens is 3. The molecule has 0 aliphatic rings. The van der Waals surface area contributed by atoms with E-state index < -0.39 is 24.5 Å². The molecule has 1 aromatic carbocycles. The minimum absolute atomic E-state index is 0.297. The van der Waals surface area contributed by atoms with E-state index in [1.807, 2.05) is 30.3 Å². The van der Waals surface area contributed by atoms with E-state index in [4.69, 9.17) is 0 Å². The largest absolute Gasteiger partial charge is 0.394 e. The number of aliphatic hydroxyl groups excluding tert-OH is 1. The first kappa shape index (κ1) is 17.3. The zero-order chi connectivity index (χ0) is 18.4. The number of rotatable bonds is 6. The molecule has 3 rings (SSSR count). The zero-order valence-electron chi connectivity index (χ0n) is 13.7. The van der Waals surface area contributed by atoms with Crippen molar-refractivity contribution in [3.05, 3.63) is 66.5 Å². The van der Waals surface area contributed by atoms with Crippen molar-refractivity contribution in [3.8, 4) is 11.3 Å². The van der Waals surface area contributed by atoms with Crippen molar-refractivity contribution in [1.82, 2.24) is 20.5 Å². The number of hydrogen-bond acceptors (Lipinski definition) is 5. The standard InChI is InChI=1S/C18H17N5O3/c24-11-15(20-17(25)13-6-8-19-9-7-13)18(26)21-16-10-14(22-23-16)12-4-2-1-3-5-12/h1-10,15,24H,11H2,(H,20,25)(H2,21,22,23,26)/t15-/m0/s1. The number of carbonyl (C=O) groups excluding carboxylic acids is 2. The first-order chi connectivity index (χ1) is 12.7. The Kier molecular flexibility index (Phi) is 5.35. The Morgan fingerprint density at radius 1 is 1.12 bits per heavy atom. The van der Waals surface area contributed by atoms with Crippen LogP contribution in [-0.4, -0.2) is 44.8 Å². The van der Waals surface area contributed by atoms with Gasteiger partial charge in [-0.05, 0) is 17.7 Å². The van der Waals surface area contributed by atoms with Crippen molar-refractivity contribution in [2.75, 3.05) is 11.9 Å². The molecule has 0 radical (unpaired) electrons. The number of benzene rings is 1. The Morgan fingerprint density at radius 3 is 2.54 bits per heavy atom. The second-order valence-electron chi connectivity index (χ2n) is 5.47. The van der Waals surface area contributed by atoms with Gasteiger partial charge in [-0.25, -0.2) is 0 Å². The highest BCUT2D eigenvalue weighted by molar-refractivity contribution is 6.01. The van der Waals surface area contributed by atoms with Crippen molar-refractivity contribution in [2.24, 2.45) is 0 Å². The fourth-order valence-electron chi connectivity index (χ4n) is 2.30. The van der Waals surface area contributed by atoms with Crippen LogP contribution < -0.4 is 10.6 Å². The third kappa shape index (κ3) is 4.11. The van der Waals surface area contributed by atoms with E-state index in [-0.39, 0.29) is 0 Å². The van der Waals surface area contributed by atoms with Crippen molar-refractivity contribution in [3.63, 3.8) is 0 Å². The monoisotopic (exact) mass is 351 g/mol. The van der Waals surface area contributed by atoms with Gasteiger partial charge in [-0.15, -0.1) is 0 Å². The van der Waals surface area contributed by atoms with Crippen molar-refractivity contribution >= 4 is 17.6 Å². The number of amides is 2. The minimum atomic E-state index is -1.10. The zero-order valence-corrected chi connectivity index (χ0v) is 13.7. The van der Waals surface area contributed by atoms with Gasteiger partial charge in [0.2, 0.25) is 0 Å². The Balaban J connectivity index is 1.64. The Labute approximate surface area is 149 Å². The number of hydrogen-bond donors (Lipinski definition) is 4. The van der Waals surface area contributed by atoms with Crippen LogP contribution in [0.3, 0.4) is 0 Å². The van der Waals surface area contributed by atoms with Gasteiger partial charge in [0.05, 0.1) is 12.3 Å².